The Morgan fingerprint density at radius 1 is 1.64 bits per heavy atom. The zero-order valence-corrected chi connectivity index (χ0v) is 7.09. The van der Waals surface area contributed by atoms with Crippen molar-refractivity contribution in [2.75, 3.05) is 0 Å². The van der Waals surface area contributed by atoms with Gasteiger partial charge < -0.3 is 4.74 Å². The second kappa shape index (κ2) is 3.53. The number of hydrogen-bond donors (Lipinski definition) is 0. The SMILES string of the molecule is CC(C)Oc1[c]nnc(Cl)c1. The molecule has 1 aromatic rings. The van der Waals surface area contributed by atoms with Crippen molar-refractivity contribution in [2.24, 2.45) is 0 Å². The fourth-order valence-electron chi connectivity index (χ4n) is 0.606. The van der Waals surface area contributed by atoms with Crippen LogP contribution in [0.1, 0.15) is 13.8 Å². The topological polar surface area (TPSA) is 35.0 Å². The molecule has 0 saturated heterocycles. The molecule has 0 spiro atoms. The van der Waals surface area contributed by atoms with Crippen molar-refractivity contribution in [3.05, 3.63) is 17.4 Å². The van der Waals surface area contributed by atoms with Gasteiger partial charge in [-0.3, -0.25) is 0 Å². The van der Waals surface area contributed by atoms with Crippen molar-refractivity contribution in [1.82, 2.24) is 10.2 Å². The van der Waals surface area contributed by atoms with Gasteiger partial charge >= 0.3 is 0 Å². The van der Waals surface area contributed by atoms with Gasteiger partial charge in [0, 0.05) is 6.07 Å². The lowest BCUT2D eigenvalue weighted by atomic mass is 10.4. The standard InChI is InChI=1S/C7H8ClN2O/c1-5(2)11-6-3-7(8)10-9-4-6/h3,5H,1-2H3. The summed E-state index contributed by atoms with van der Waals surface area (Å²) in [7, 11) is 0. The summed E-state index contributed by atoms with van der Waals surface area (Å²) in [5.41, 5.74) is 0. The van der Waals surface area contributed by atoms with Crippen LogP contribution in [0.5, 0.6) is 5.75 Å². The fourth-order valence-corrected chi connectivity index (χ4v) is 0.743. The van der Waals surface area contributed by atoms with Crippen molar-refractivity contribution in [3.63, 3.8) is 0 Å². The quantitative estimate of drug-likeness (QED) is 0.680. The Hall–Kier alpha value is -0.830. The van der Waals surface area contributed by atoms with E-state index < -0.39 is 0 Å². The number of halogens is 1. The van der Waals surface area contributed by atoms with Gasteiger partial charge in [0.1, 0.15) is 0 Å². The molecule has 1 heterocycles. The van der Waals surface area contributed by atoms with Crippen LogP contribution < -0.4 is 4.74 Å². The van der Waals surface area contributed by atoms with E-state index in [9.17, 15) is 0 Å². The van der Waals surface area contributed by atoms with Crippen LogP contribution in [0.4, 0.5) is 0 Å². The van der Waals surface area contributed by atoms with E-state index in [1.807, 2.05) is 13.8 Å². The van der Waals surface area contributed by atoms with E-state index >= 15 is 0 Å². The average Bonchev–Trinajstić information content (AvgIpc) is 1.85. The zero-order chi connectivity index (χ0) is 8.27. The molecule has 1 aromatic heterocycles. The van der Waals surface area contributed by atoms with Crippen LogP contribution in [0, 0.1) is 6.20 Å². The molecule has 0 saturated carbocycles. The summed E-state index contributed by atoms with van der Waals surface area (Å²) >= 11 is 5.55. The monoisotopic (exact) mass is 171 g/mol. The summed E-state index contributed by atoms with van der Waals surface area (Å²) in [6, 6.07) is 1.58. The minimum absolute atomic E-state index is 0.103. The Morgan fingerprint density at radius 3 is 2.91 bits per heavy atom. The van der Waals surface area contributed by atoms with Gasteiger partial charge in [0.15, 0.2) is 17.1 Å². The first-order chi connectivity index (χ1) is 5.18. The summed E-state index contributed by atoms with van der Waals surface area (Å²) in [4.78, 5) is 0. The molecular formula is C7H8ClN2O. The Labute approximate surface area is 70.4 Å². The molecule has 0 unspecified atom stereocenters. The molecular weight excluding hydrogens is 164 g/mol. The lowest BCUT2D eigenvalue weighted by Crippen LogP contribution is -2.06. The third kappa shape index (κ3) is 2.72. The van der Waals surface area contributed by atoms with Crippen LogP contribution in [0.3, 0.4) is 0 Å². The van der Waals surface area contributed by atoms with Gasteiger partial charge in [-0.05, 0) is 13.8 Å². The summed E-state index contributed by atoms with van der Waals surface area (Å²) in [6.07, 6.45) is 2.68. The Morgan fingerprint density at radius 2 is 2.36 bits per heavy atom. The van der Waals surface area contributed by atoms with Gasteiger partial charge in [-0.1, -0.05) is 11.6 Å². The van der Waals surface area contributed by atoms with Gasteiger partial charge in [0.05, 0.1) is 6.10 Å². The van der Waals surface area contributed by atoms with Crippen LogP contribution in [0.2, 0.25) is 5.15 Å². The Balaban J connectivity index is 2.71. The smallest absolute Gasteiger partial charge is 0.159 e. The fraction of sp³-hybridized carbons (Fsp3) is 0.429. The predicted octanol–water partition coefficient (Wildman–Crippen LogP) is 1.72. The summed E-state index contributed by atoms with van der Waals surface area (Å²) in [6.45, 7) is 3.84. The van der Waals surface area contributed by atoms with E-state index in [1.54, 1.807) is 6.07 Å². The Kier molecular flexibility index (Phi) is 2.65. The van der Waals surface area contributed by atoms with Crippen LogP contribution in [0.15, 0.2) is 6.07 Å². The predicted molar refractivity (Wildman–Crippen MR) is 41.6 cm³/mol. The van der Waals surface area contributed by atoms with Gasteiger partial charge in [-0.25, -0.2) is 0 Å². The van der Waals surface area contributed by atoms with Gasteiger partial charge in [0.2, 0.25) is 0 Å². The van der Waals surface area contributed by atoms with E-state index in [-0.39, 0.29) is 6.10 Å². The van der Waals surface area contributed by atoms with Crippen LogP contribution >= 0.6 is 11.6 Å². The first kappa shape index (κ1) is 8.27. The molecule has 4 heteroatoms. The molecule has 0 aliphatic heterocycles. The number of ether oxygens (including phenoxy) is 1. The van der Waals surface area contributed by atoms with Crippen LogP contribution in [0.25, 0.3) is 0 Å². The molecule has 0 aliphatic carbocycles. The number of rotatable bonds is 2. The first-order valence-corrected chi connectivity index (χ1v) is 3.64. The van der Waals surface area contributed by atoms with E-state index in [0.29, 0.717) is 10.9 Å². The molecule has 0 N–H and O–H groups in total. The van der Waals surface area contributed by atoms with Gasteiger partial charge in [-0.2, -0.15) is 0 Å². The molecule has 0 aliphatic rings. The highest BCUT2D eigenvalue weighted by atomic mass is 35.5. The number of nitrogens with zero attached hydrogens (tertiary/aromatic N) is 2. The third-order valence-electron chi connectivity index (χ3n) is 0.919. The number of aromatic nitrogens is 2. The molecule has 1 rings (SSSR count). The second-order valence-corrected chi connectivity index (χ2v) is 2.70. The van der Waals surface area contributed by atoms with Crippen LogP contribution in [-0.2, 0) is 0 Å². The van der Waals surface area contributed by atoms with Crippen molar-refractivity contribution in [1.29, 1.82) is 0 Å². The minimum atomic E-state index is 0.103. The van der Waals surface area contributed by atoms with Crippen LogP contribution in [-0.4, -0.2) is 16.3 Å². The van der Waals surface area contributed by atoms with Crippen molar-refractivity contribution in [2.45, 2.75) is 20.0 Å². The minimum Gasteiger partial charge on any atom is -0.488 e. The summed E-state index contributed by atoms with van der Waals surface area (Å²) < 4.78 is 5.25. The van der Waals surface area contributed by atoms with Crippen molar-refractivity contribution >= 4 is 11.6 Å². The summed E-state index contributed by atoms with van der Waals surface area (Å²) in [5.74, 6) is 0.528. The van der Waals surface area contributed by atoms with E-state index in [4.69, 9.17) is 16.3 Å². The molecule has 0 atom stereocenters. The van der Waals surface area contributed by atoms with Gasteiger partial charge in [0.25, 0.3) is 0 Å². The van der Waals surface area contributed by atoms with E-state index in [0.717, 1.165) is 0 Å². The largest absolute Gasteiger partial charge is 0.488 e. The maximum atomic E-state index is 5.55. The van der Waals surface area contributed by atoms with Crippen molar-refractivity contribution in [3.8, 4) is 5.75 Å². The molecule has 0 aromatic carbocycles. The van der Waals surface area contributed by atoms with E-state index in [2.05, 4.69) is 16.4 Å². The second-order valence-electron chi connectivity index (χ2n) is 2.31. The first-order valence-electron chi connectivity index (χ1n) is 3.26. The van der Waals surface area contributed by atoms with Crippen molar-refractivity contribution < 1.29 is 4.74 Å². The molecule has 0 amide bonds. The highest BCUT2D eigenvalue weighted by Crippen LogP contribution is 2.13. The molecule has 0 bridgehead atoms. The molecule has 11 heavy (non-hydrogen) atoms. The lowest BCUT2D eigenvalue weighted by Gasteiger charge is -2.07. The maximum absolute atomic E-state index is 5.55. The normalized spacial score (nSPS) is 10.2. The maximum Gasteiger partial charge on any atom is 0.159 e. The molecule has 1 radical (unpaired) electrons. The number of hydrogen-bond acceptors (Lipinski definition) is 3. The summed E-state index contributed by atoms with van der Waals surface area (Å²) in [5, 5.41) is 7.35. The lowest BCUT2D eigenvalue weighted by molar-refractivity contribution is 0.240. The van der Waals surface area contributed by atoms with Gasteiger partial charge in [-0.15, -0.1) is 10.2 Å². The highest BCUT2D eigenvalue weighted by molar-refractivity contribution is 6.29. The zero-order valence-electron chi connectivity index (χ0n) is 6.34. The average molecular weight is 172 g/mol. The van der Waals surface area contributed by atoms with E-state index in [1.165, 1.54) is 0 Å². The highest BCUT2D eigenvalue weighted by Gasteiger charge is 1.99. The molecule has 0 fully saturated rings. The molecule has 3 nitrogen and oxygen atoms in total. The third-order valence-corrected chi connectivity index (χ3v) is 1.10. The molecule has 59 valence electrons. The Bertz CT molecular complexity index is 240.